The lowest BCUT2D eigenvalue weighted by molar-refractivity contribution is -0.0315. The number of methoxy groups -OCH3 is 1. The van der Waals surface area contributed by atoms with Crippen LogP contribution in [0, 0.1) is 0 Å². The third-order valence-electron chi connectivity index (χ3n) is 3.09. The smallest absolute Gasteiger partial charge is 0.146 e. The molecule has 0 spiro atoms. The van der Waals surface area contributed by atoms with E-state index in [1.807, 2.05) is 0 Å². The van der Waals surface area contributed by atoms with Gasteiger partial charge in [0.05, 0.1) is 0 Å². The van der Waals surface area contributed by atoms with Gasteiger partial charge in [0.15, 0.2) is 0 Å². The number of hydrogen-bond donors (Lipinski definition) is 0. The van der Waals surface area contributed by atoms with E-state index in [4.69, 9.17) is 9.47 Å². The van der Waals surface area contributed by atoms with Crippen molar-refractivity contribution in [1.29, 1.82) is 0 Å². The Balaban J connectivity index is 2.85. The molecule has 2 nitrogen and oxygen atoms in total. The predicted octanol–water partition coefficient (Wildman–Crippen LogP) is 4.92. The van der Waals surface area contributed by atoms with E-state index in [0.717, 1.165) is 6.61 Å². The summed E-state index contributed by atoms with van der Waals surface area (Å²) >= 11 is 0. The standard InChI is InChI=1S/C15H32O2/c1-3-4-5-6-7-8-9-10-11-12-13-14-17-15-16-2/h3-15H2,1-2H3. The minimum atomic E-state index is 0.442. The number of unbranched alkanes of at least 4 members (excludes halogenated alkanes) is 10. The summed E-state index contributed by atoms with van der Waals surface area (Å²) < 4.78 is 10.1. The van der Waals surface area contributed by atoms with Crippen LogP contribution in [0.5, 0.6) is 0 Å². The van der Waals surface area contributed by atoms with Gasteiger partial charge in [-0.3, -0.25) is 0 Å². The predicted molar refractivity (Wildman–Crippen MR) is 74.3 cm³/mol. The topological polar surface area (TPSA) is 18.5 Å². The molecule has 0 atom stereocenters. The van der Waals surface area contributed by atoms with E-state index >= 15 is 0 Å². The lowest BCUT2D eigenvalue weighted by atomic mass is 10.1. The first kappa shape index (κ1) is 16.9. The minimum absolute atomic E-state index is 0.442. The first-order valence-electron chi connectivity index (χ1n) is 7.48. The van der Waals surface area contributed by atoms with Crippen LogP contribution in [0.15, 0.2) is 0 Å². The highest BCUT2D eigenvalue weighted by Gasteiger charge is 1.93. The van der Waals surface area contributed by atoms with Gasteiger partial charge in [-0.15, -0.1) is 0 Å². The summed E-state index contributed by atoms with van der Waals surface area (Å²) in [6, 6.07) is 0. The molecule has 0 fully saturated rings. The van der Waals surface area contributed by atoms with Crippen molar-refractivity contribution in [2.75, 3.05) is 20.5 Å². The van der Waals surface area contributed by atoms with Crippen molar-refractivity contribution in [3.05, 3.63) is 0 Å². The zero-order valence-corrected chi connectivity index (χ0v) is 12.0. The summed E-state index contributed by atoms with van der Waals surface area (Å²) in [5, 5.41) is 0. The van der Waals surface area contributed by atoms with Crippen molar-refractivity contribution < 1.29 is 9.47 Å². The maximum atomic E-state index is 5.24. The molecule has 0 aliphatic rings. The van der Waals surface area contributed by atoms with Crippen LogP contribution >= 0.6 is 0 Å². The average molecular weight is 244 g/mol. The third-order valence-corrected chi connectivity index (χ3v) is 3.09. The van der Waals surface area contributed by atoms with Crippen molar-refractivity contribution in [2.24, 2.45) is 0 Å². The van der Waals surface area contributed by atoms with E-state index in [2.05, 4.69) is 6.92 Å². The molecule has 0 saturated heterocycles. The van der Waals surface area contributed by atoms with Crippen molar-refractivity contribution in [2.45, 2.75) is 77.6 Å². The summed E-state index contributed by atoms with van der Waals surface area (Å²) in [5.74, 6) is 0. The normalized spacial score (nSPS) is 10.9. The molecule has 0 aromatic heterocycles. The number of ether oxygens (including phenoxy) is 2. The molecule has 17 heavy (non-hydrogen) atoms. The van der Waals surface area contributed by atoms with Crippen molar-refractivity contribution in [3.8, 4) is 0 Å². The van der Waals surface area contributed by atoms with Gasteiger partial charge >= 0.3 is 0 Å². The van der Waals surface area contributed by atoms with Crippen LogP contribution in [0.4, 0.5) is 0 Å². The molecule has 0 radical (unpaired) electrons. The number of hydrogen-bond acceptors (Lipinski definition) is 2. The Bertz CT molecular complexity index is 112. The Kier molecular flexibility index (Phi) is 15.8. The van der Waals surface area contributed by atoms with Crippen molar-refractivity contribution in [1.82, 2.24) is 0 Å². The maximum Gasteiger partial charge on any atom is 0.146 e. The molecule has 0 heterocycles. The van der Waals surface area contributed by atoms with Gasteiger partial charge in [0.2, 0.25) is 0 Å². The van der Waals surface area contributed by atoms with Gasteiger partial charge in [-0.2, -0.15) is 0 Å². The highest BCUT2D eigenvalue weighted by atomic mass is 16.7. The molecule has 0 aromatic carbocycles. The van der Waals surface area contributed by atoms with Crippen LogP contribution in [-0.4, -0.2) is 20.5 Å². The van der Waals surface area contributed by atoms with Crippen LogP contribution in [-0.2, 0) is 9.47 Å². The second-order valence-electron chi connectivity index (χ2n) is 4.85. The Morgan fingerprint density at radius 3 is 1.59 bits per heavy atom. The second-order valence-corrected chi connectivity index (χ2v) is 4.85. The Labute approximate surface area is 108 Å². The van der Waals surface area contributed by atoms with E-state index in [1.165, 1.54) is 70.6 Å². The van der Waals surface area contributed by atoms with E-state index in [1.54, 1.807) is 7.11 Å². The molecule has 0 rings (SSSR count). The highest BCUT2D eigenvalue weighted by Crippen LogP contribution is 2.11. The summed E-state index contributed by atoms with van der Waals surface area (Å²) in [4.78, 5) is 0. The first-order chi connectivity index (χ1) is 8.41. The lowest BCUT2D eigenvalue weighted by Crippen LogP contribution is -1.98. The fourth-order valence-corrected chi connectivity index (χ4v) is 2.01. The molecule has 0 bridgehead atoms. The molecule has 0 amide bonds. The summed E-state index contributed by atoms with van der Waals surface area (Å²) in [6.07, 6.45) is 15.2. The fraction of sp³-hybridized carbons (Fsp3) is 1.00. The number of rotatable bonds is 14. The maximum absolute atomic E-state index is 5.24. The zero-order valence-electron chi connectivity index (χ0n) is 12.0. The van der Waals surface area contributed by atoms with Gasteiger partial charge < -0.3 is 9.47 Å². The first-order valence-corrected chi connectivity index (χ1v) is 7.48. The molecule has 0 aliphatic carbocycles. The lowest BCUT2D eigenvalue weighted by Gasteiger charge is -2.03. The Morgan fingerprint density at radius 1 is 0.647 bits per heavy atom. The Hall–Kier alpha value is -0.0800. The summed E-state index contributed by atoms with van der Waals surface area (Å²) in [7, 11) is 1.67. The third kappa shape index (κ3) is 15.9. The monoisotopic (exact) mass is 244 g/mol. The minimum Gasteiger partial charge on any atom is -0.359 e. The molecule has 0 aliphatic heterocycles. The van der Waals surface area contributed by atoms with E-state index in [-0.39, 0.29) is 0 Å². The van der Waals surface area contributed by atoms with Crippen molar-refractivity contribution >= 4 is 0 Å². The molecular formula is C15H32O2. The molecule has 0 saturated carbocycles. The summed E-state index contributed by atoms with van der Waals surface area (Å²) in [5.41, 5.74) is 0. The quantitative estimate of drug-likeness (QED) is 0.319. The van der Waals surface area contributed by atoms with Crippen LogP contribution in [0.25, 0.3) is 0 Å². The zero-order chi connectivity index (χ0) is 12.6. The van der Waals surface area contributed by atoms with Gasteiger partial charge in [0, 0.05) is 13.7 Å². The van der Waals surface area contributed by atoms with Crippen molar-refractivity contribution in [3.63, 3.8) is 0 Å². The van der Waals surface area contributed by atoms with Crippen LogP contribution in [0.3, 0.4) is 0 Å². The molecule has 0 N–H and O–H groups in total. The fourth-order valence-electron chi connectivity index (χ4n) is 2.01. The highest BCUT2D eigenvalue weighted by molar-refractivity contribution is 4.47. The summed E-state index contributed by atoms with van der Waals surface area (Å²) in [6.45, 7) is 3.57. The van der Waals surface area contributed by atoms with Gasteiger partial charge in [-0.1, -0.05) is 71.1 Å². The van der Waals surface area contributed by atoms with Crippen LogP contribution in [0.2, 0.25) is 0 Å². The largest absolute Gasteiger partial charge is 0.359 e. The van der Waals surface area contributed by atoms with Crippen LogP contribution < -0.4 is 0 Å². The molecule has 0 aromatic rings. The van der Waals surface area contributed by atoms with Gasteiger partial charge in [-0.25, -0.2) is 0 Å². The van der Waals surface area contributed by atoms with Gasteiger partial charge in [-0.05, 0) is 6.42 Å². The van der Waals surface area contributed by atoms with Gasteiger partial charge in [0.25, 0.3) is 0 Å². The SMILES string of the molecule is CCCCCCCCCCCCCOCOC. The molecule has 2 heteroatoms. The van der Waals surface area contributed by atoms with E-state index in [9.17, 15) is 0 Å². The average Bonchev–Trinajstić information content (AvgIpc) is 2.35. The van der Waals surface area contributed by atoms with Crippen LogP contribution in [0.1, 0.15) is 77.6 Å². The molecule has 0 unspecified atom stereocenters. The Morgan fingerprint density at radius 2 is 1.12 bits per heavy atom. The van der Waals surface area contributed by atoms with E-state index in [0.29, 0.717) is 6.79 Å². The molecule has 104 valence electrons. The van der Waals surface area contributed by atoms with Gasteiger partial charge in [0.1, 0.15) is 6.79 Å². The second kappa shape index (κ2) is 15.9. The van der Waals surface area contributed by atoms with E-state index < -0.39 is 0 Å². The molecular weight excluding hydrogens is 212 g/mol.